The predicted octanol–water partition coefficient (Wildman–Crippen LogP) is 4.33. The fourth-order valence-electron chi connectivity index (χ4n) is 2.04. The minimum absolute atomic E-state index is 0.0831. The van der Waals surface area contributed by atoms with E-state index in [0.29, 0.717) is 0 Å². The second kappa shape index (κ2) is 8.74. The van der Waals surface area contributed by atoms with Crippen molar-refractivity contribution in [2.24, 2.45) is 0 Å². The van der Waals surface area contributed by atoms with Gasteiger partial charge in [-0.25, -0.2) is 4.98 Å². The standard InChI is InChI=1S/C15H25N3/c1-3-4-5-6-7-8-9-10-15-17-12-14(18-15)13(2)11-16/h12-13H,3-10H2,1-2H3,(H,17,18). The molecule has 1 rings (SSSR count). The van der Waals surface area contributed by atoms with Crippen LogP contribution in [0.5, 0.6) is 0 Å². The van der Waals surface area contributed by atoms with E-state index >= 15 is 0 Å². The van der Waals surface area contributed by atoms with Gasteiger partial charge in [0, 0.05) is 12.6 Å². The quantitative estimate of drug-likeness (QED) is 0.660. The average molecular weight is 247 g/mol. The third-order valence-corrected chi connectivity index (χ3v) is 3.33. The maximum atomic E-state index is 8.82. The first-order valence-electron chi connectivity index (χ1n) is 7.21. The first-order chi connectivity index (χ1) is 8.77. The van der Waals surface area contributed by atoms with Crippen LogP contribution in [0.2, 0.25) is 0 Å². The minimum Gasteiger partial charge on any atom is -0.345 e. The lowest BCUT2D eigenvalue weighted by Gasteiger charge is -2.00. The average Bonchev–Trinajstić information content (AvgIpc) is 2.85. The highest BCUT2D eigenvalue weighted by Crippen LogP contribution is 2.13. The van der Waals surface area contributed by atoms with E-state index in [-0.39, 0.29) is 5.92 Å². The zero-order chi connectivity index (χ0) is 13.2. The number of aromatic amines is 1. The summed E-state index contributed by atoms with van der Waals surface area (Å²) in [4.78, 5) is 7.57. The van der Waals surface area contributed by atoms with Crippen molar-refractivity contribution < 1.29 is 0 Å². The molecule has 0 spiro atoms. The number of aromatic nitrogens is 2. The van der Waals surface area contributed by atoms with Gasteiger partial charge in [-0.1, -0.05) is 45.4 Å². The fourth-order valence-corrected chi connectivity index (χ4v) is 2.04. The Morgan fingerprint density at radius 3 is 2.56 bits per heavy atom. The van der Waals surface area contributed by atoms with Crippen LogP contribution in [0.15, 0.2) is 6.20 Å². The van der Waals surface area contributed by atoms with Crippen molar-refractivity contribution in [3.05, 3.63) is 17.7 Å². The second-order valence-electron chi connectivity index (χ2n) is 5.01. The summed E-state index contributed by atoms with van der Waals surface area (Å²) in [5, 5.41) is 8.82. The molecule has 1 aromatic heterocycles. The fraction of sp³-hybridized carbons (Fsp3) is 0.733. The van der Waals surface area contributed by atoms with Crippen molar-refractivity contribution in [2.45, 2.75) is 71.1 Å². The van der Waals surface area contributed by atoms with E-state index < -0.39 is 0 Å². The molecule has 0 amide bonds. The molecule has 1 aromatic rings. The van der Waals surface area contributed by atoms with Crippen LogP contribution in [0, 0.1) is 11.3 Å². The van der Waals surface area contributed by atoms with Crippen LogP contribution in [0.25, 0.3) is 0 Å². The topological polar surface area (TPSA) is 52.5 Å². The SMILES string of the molecule is CCCCCCCCCc1ncc(C(C)C#N)[nH]1. The molecular weight excluding hydrogens is 222 g/mol. The van der Waals surface area contributed by atoms with Crippen LogP contribution in [-0.4, -0.2) is 9.97 Å². The highest BCUT2D eigenvalue weighted by Gasteiger charge is 2.07. The van der Waals surface area contributed by atoms with Gasteiger partial charge in [0.15, 0.2) is 0 Å². The van der Waals surface area contributed by atoms with Crippen LogP contribution >= 0.6 is 0 Å². The van der Waals surface area contributed by atoms with Crippen molar-refractivity contribution in [3.63, 3.8) is 0 Å². The maximum absolute atomic E-state index is 8.82. The number of imidazole rings is 1. The van der Waals surface area contributed by atoms with E-state index in [1.807, 2.05) is 6.92 Å². The van der Waals surface area contributed by atoms with Crippen LogP contribution < -0.4 is 0 Å². The molecule has 0 saturated carbocycles. The summed E-state index contributed by atoms with van der Waals surface area (Å²) < 4.78 is 0. The third-order valence-electron chi connectivity index (χ3n) is 3.33. The number of hydrogen-bond donors (Lipinski definition) is 1. The second-order valence-corrected chi connectivity index (χ2v) is 5.01. The lowest BCUT2D eigenvalue weighted by molar-refractivity contribution is 0.585. The van der Waals surface area contributed by atoms with Crippen LogP contribution in [-0.2, 0) is 6.42 Å². The molecule has 1 N–H and O–H groups in total. The molecule has 1 atom stereocenters. The van der Waals surface area contributed by atoms with E-state index in [9.17, 15) is 0 Å². The molecule has 1 unspecified atom stereocenters. The molecule has 0 aromatic carbocycles. The largest absolute Gasteiger partial charge is 0.345 e. The summed E-state index contributed by atoms with van der Waals surface area (Å²) in [7, 11) is 0. The first kappa shape index (κ1) is 14.8. The number of unbranched alkanes of at least 4 members (excludes halogenated alkanes) is 6. The number of hydrogen-bond acceptors (Lipinski definition) is 2. The van der Waals surface area contributed by atoms with E-state index in [1.54, 1.807) is 6.20 Å². The van der Waals surface area contributed by atoms with Crippen molar-refractivity contribution in [1.82, 2.24) is 9.97 Å². The van der Waals surface area contributed by atoms with Crippen molar-refractivity contribution in [2.75, 3.05) is 0 Å². The van der Waals surface area contributed by atoms with E-state index in [2.05, 4.69) is 23.0 Å². The normalized spacial score (nSPS) is 12.3. The van der Waals surface area contributed by atoms with Gasteiger partial charge in [-0.3, -0.25) is 0 Å². The van der Waals surface area contributed by atoms with E-state index in [0.717, 1.165) is 17.9 Å². The van der Waals surface area contributed by atoms with Gasteiger partial charge < -0.3 is 4.98 Å². The predicted molar refractivity (Wildman–Crippen MR) is 74.3 cm³/mol. The van der Waals surface area contributed by atoms with Gasteiger partial charge in [-0.15, -0.1) is 0 Å². The zero-order valence-corrected chi connectivity index (χ0v) is 11.7. The Morgan fingerprint density at radius 2 is 1.89 bits per heavy atom. The molecule has 0 fully saturated rings. The molecule has 0 bridgehead atoms. The van der Waals surface area contributed by atoms with Crippen molar-refractivity contribution in [1.29, 1.82) is 5.26 Å². The summed E-state index contributed by atoms with van der Waals surface area (Å²) in [5.74, 6) is 0.945. The highest BCUT2D eigenvalue weighted by atomic mass is 14.9. The lowest BCUT2D eigenvalue weighted by Crippen LogP contribution is -1.92. The zero-order valence-electron chi connectivity index (χ0n) is 11.7. The molecule has 3 nitrogen and oxygen atoms in total. The smallest absolute Gasteiger partial charge is 0.106 e. The molecule has 3 heteroatoms. The number of nitriles is 1. The maximum Gasteiger partial charge on any atom is 0.106 e. The Kier molecular flexibility index (Phi) is 7.17. The van der Waals surface area contributed by atoms with Gasteiger partial charge in [0.2, 0.25) is 0 Å². The van der Waals surface area contributed by atoms with Gasteiger partial charge in [0.05, 0.1) is 17.7 Å². The summed E-state index contributed by atoms with van der Waals surface area (Å²) in [6, 6.07) is 2.22. The number of aryl methyl sites for hydroxylation is 1. The molecule has 0 aliphatic carbocycles. The summed E-state index contributed by atoms with van der Waals surface area (Å²) in [6.45, 7) is 4.14. The number of rotatable bonds is 9. The summed E-state index contributed by atoms with van der Waals surface area (Å²) in [5.41, 5.74) is 0.940. The van der Waals surface area contributed by atoms with Gasteiger partial charge in [-0.2, -0.15) is 5.26 Å². The first-order valence-corrected chi connectivity index (χ1v) is 7.21. The molecule has 18 heavy (non-hydrogen) atoms. The lowest BCUT2D eigenvalue weighted by atomic mass is 10.1. The number of nitrogens with zero attached hydrogens (tertiary/aromatic N) is 2. The Labute approximate surface area is 111 Å². The van der Waals surface area contributed by atoms with Crippen LogP contribution in [0.1, 0.15) is 76.2 Å². The Morgan fingerprint density at radius 1 is 1.22 bits per heavy atom. The molecule has 0 saturated heterocycles. The monoisotopic (exact) mass is 247 g/mol. The third kappa shape index (κ3) is 5.35. The van der Waals surface area contributed by atoms with E-state index in [1.165, 1.54) is 44.9 Å². The molecule has 0 aliphatic rings. The molecule has 0 aliphatic heterocycles. The molecule has 0 radical (unpaired) electrons. The van der Waals surface area contributed by atoms with Gasteiger partial charge in [-0.05, 0) is 13.3 Å². The molecule has 1 heterocycles. The van der Waals surface area contributed by atoms with Crippen molar-refractivity contribution in [3.8, 4) is 6.07 Å². The summed E-state index contributed by atoms with van der Waals surface area (Å²) in [6.07, 6.45) is 12.0. The number of nitrogens with one attached hydrogen (secondary N) is 1. The van der Waals surface area contributed by atoms with Crippen LogP contribution in [0.3, 0.4) is 0 Å². The van der Waals surface area contributed by atoms with Gasteiger partial charge in [0.1, 0.15) is 5.82 Å². The summed E-state index contributed by atoms with van der Waals surface area (Å²) >= 11 is 0. The Bertz CT molecular complexity index is 362. The van der Waals surface area contributed by atoms with Crippen molar-refractivity contribution >= 4 is 0 Å². The van der Waals surface area contributed by atoms with E-state index in [4.69, 9.17) is 5.26 Å². The van der Waals surface area contributed by atoms with Crippen LogP contribution in [0.4, 0.5) is 0 Å². The Balaban J connectivity index is 2.12. The van der Waals surface area contributed by atoms with Gasteiger partial charge in [0.25, 0.3) is 0 Å². The highest BCUT2D eigenvalue weighted by molar-refractivity contribution is 5.13. The molecule has 100 valence electrons. The van der Waals surface area contributed by atoms with Gasteiger partial charge >= 0.3 is 0 Å². The molecular formula is C15H25N3. The number of H-pyrrole nitrogens is 1. The Hall–Kier alpha value is -1.30. The minimum atomic E-state index is -0.0831.